The van der Waals surface area contributed by atoms with E-state index in [-0.39, 0.29) is 19.1 Å². The Morgan fingerprint density at radius 3 is 2.38 bits per heavy atom. The van der Waals surface area contributed by atoms with Gasteiger partial charge in [0.1, 0.15) is 5.75 Å². The van der Waals surface area contributed by atoms with Gasteiger partial charge in [-0.2, -0.15) is 5.10 Å². The lowest BCUT2D eigenvalue weighted by molar-refractivity contribution is -0.127. The van der Waals surface area contributed by atoms with Gasteiger partial charge in [-0.15, -0.1) is 0 Å². The van der Waals surface area contributed by atoms with Gasteiger partial charge in [0.15, 0.2) is 6.61 Å². The van der Waals surface area contributed by atoms with Crippen LogP contribution in [0.1, 0.15) is 5.56 Å². The van der Waals surface area contributed by atoms with E-state index in [1.165, 1.54) is 6.21 Å². The topological polar surface area (TPSA) is 83.0 Å². The van der Waals surface area contributed by atoms with Gasteiger partial charge in [0.05, 0.1) is 12.8 Å². The van der Waals surface area contributed by atoms with E-state index < -0.39 is 5.91 Å². The number of hydrogen-bond donors (Lipinski definition) is 2. The Bertz CT molecular complexity index is 743. The van der Waals surface area contributed by atoms with Crippen LogP contribution in [0.3, 0.4) is 0 Å². The molecule has 2 amide bonds. The molecule has 0 fully saturated rings. The van der Waals surface area contributed by atoms with Crippen LogP contribution in [0.5, 0.6) is 5.75 Å². The fraction of sp³-hybridized carbons (Fsp3) is 0.211. The molecule has 136 valence electrons. The molecule has 0 aliphatic heterocycles. The van der Waals surface area contributed by atoms with E-state index in [0.717, 1.165) is 11.3 Å². The second-order valence-electron chi connectivity index (χ2n) is 5.66. The maximum absolute atomic E-state index is 11.7. The van der Waals surface area contributed by atoms with Crippen molar-refractivity contribution < 1.29 is 14.3 Å². The van der Waals surface area contributed by atoms with E-state index in [1.54, 1.807) is 12.1 Å². The lowest BCUT2D eigenvalue weighted by Crippen LogP contribution is -2.37. The molecule has 0 aliphatic carbocycles. The van der Waals surface area contributed by atoms with Gasteiger partial charge in [-0.1, -0.05) is 30.3 Å². The summed E-state index contributed by atoms with van der Waals surface area (Å²) in [6.45, 7) is -0.327. The third-order valence-electron chi connectivity index (χ3n) is 3.37. The van der Waals surface area contributed by atoms with Gasteiger partial charge in [0.25, 0.3) is 11.8 Å². The molecular formula is C19H22N4O3. The summed E-state index contributed by atoms with van der Waals surface area (Å²) in [4.78, 5) is 25.3. The summed E-state index contributed by atoms with van der Waals surface area (Å²) in [6, 6.07) is 16.7. The number of hydrazone groups is 1. The standard InChI is InChI=1S/C19H22N4O3/c1-23(2)16-10-8-15(9-11-16)12-21-22-18(24)13-20-19(25)14-26-17-6-4-3-5-7-17/h3-12H,13-14H2,1-2H3,(H,20,25)(H,22,24). The summed E-state index contributed by atoms with van der Waals surface area (Å²) in [6.07, 6.45) is 1.54. The molecule has 2 rings (SSSR count). The minimum absolute atomic E-state index is 0.154. The summed E-state index contributed by atoms with van der Waals surface area (Å²) in [5, 5.41) is 6.33. The molecule has 2 aromatic carbocycles. The molecule has 0 unspecified atom stereocenters. The third kappa shape index (κ3) is 6.64. The number of anilines is 1. The number of carbonyl (C=O) groups is 2. The first-order valence-corrected chi connectivity index (χ1v) is 8.08. The van der Waals surface area contributed by atoms with Crippen molar-refractivity contribution in [2.75, 3.05) is 32.1 Å². The van der Waals surface area contributed by atoms with Crippen LogP contribution in [-0.2, 0) is 9.59 Å². The quantitative estimate of drug-likeness (QED) is 0.554. The monoisotopic (exact) mass is 354 g/mol. The van der Waals surface area contributed by atoms with Crippen LogP contribution in [0.15, 0.2) is 59.7 Å². The maximum Gasteiger partial charge on any atom is 0.259 e. The van der Waals surface area contributed by atoms with Crippen LogP contribution >= 0.6 is 0 Å². The Labute approximate surface area is 152 Å². The first-order chi connectivity index (χ1) is 12.5. The third-order valence-corrected chi connectivity index (χ3v) is 3.37. The average molecular weight is 354 g/mol. The Morgan fingerprint density at radius 1 is 1.04 bits per heavy atom. The first-order valence-electron chi connectivity index (χ1n) is 8.08. The molecule has 0 saturated heterocycles. The van der Waals surface area contributed by atoms with E-state index in [2.05, 4.69) is 15.8 Å². The number of rotatable bonds is 8. The average Bonchev–Trinajstić information content (AvgIpc) is 2.66. The SMILES string of the molecule is CN(C)c1ccc(C=NNC(=O)CNC(=O)COc2ccccc2)cc1. The highest BCUT2D eigenvalue weighted by Gasteiger charge is 2.05. The molecular weight excluding hydrogens is 332 g/mol. The second kappa shape index (κ2) is 9.83. The molecule has 0 saturated carbocycles. The number of hydrogen-bond acceptors (Lipinski definition) is 5. The molecule has 26 heavy (non-hydrogen) atoms. The van der Waals surface area contributed by atoms with Crippen LogP contribution in [0.2, 0.25) is 0 Å². The molecule has 0 aliphatic rings. The molecule has 0 heterocycles. The number of carbonyl (C=O) groups excluding carboxylic acids is 2. The highest BCUT2D eigenvalue weighted by atomic mass is 16.5. The fourth-order valence-corrected chi connectivity index (χ4v) is 1.97. The summed E-state index contributed by atoms with van der Waals surface area (Å²) >= 11 is 0. The van der Waals surface area contributed by atoms with Crippen LogP contribution < -0.4 is 20.4 Å². The minimum atomic E-state index is -0.417. The Balaban J connectivity index is 1.67. The number of nitrogens with zero attached hydrogens (tertiary/aromatic N) is 2. The van der Waals surface area contributed by atoms with Crippen molar-refractivity contribution in [3.63, 3.8) is 0 Å². The molecule has 2 aromatic rings. The van der Waals surface area contributed by atoms with Gasteiger partial charge in [0.2, 0.25) is 0 Å². The second-order valence-corrected chi connectivity index (χ2v) is 5.66. The highest BCUT2D eigenvalue weighted by Crippen LogP contribution is 2.10. The van der Waals surface area contributed by atoms with Crippen LogP contribution in [0.4, 0.5) is 5.69 Å². The summed E-state index contributed by atoms with van der Waals surface area (Å²) < 4.78 is 5.29. The van der Waals surface area contributed by atoms with E-state index in [4.69, 9.17) is 4.74 Å². The Morgan fingerprint density at radius 2 is 1.73 bits per heavy atom. The highest BCUT2D eigenvalue weighted by molar-refractivity contribution is 5.86. The van der Waals surface area contributed by atoms with Crippen molar-refractivity contribution in [3.8, 4) is 5.75 Å². The summed E-state index contributed by atoms with van der Waals surface area (Å²) in [5.41, 5.74) is 4.30. The molecule has 0 spiro atoms. The normalized spacial score (nSPS) is 10.4. The van der Waals surface area contributed by atoms with Crippen LogP contribution in [0.25, 0.3) is 0 Å². The van der Waals surface area contributed by atoms with Gasteiger partial charge >= 0.3 is 0 Å². The van der Waals surface area contributed by atoms with Crippen molar-refractivity contribution in [1.82, 2.24) is 10.7 Å². The number of ether oxygens (including phenoxy) is 1. The van der Waals surface area contributed by atoms with Crippen LogP contribution in [0, 0.1) is 0 Å². The number of nitrogens with one attached hydrogen (secondary N) is 2. The zero-order chi connectivity index (χ0) is 18.8. The van der Waals surface area contributed by atoms with E-state index >= 15 is 0 Å². The Kier molecular flexibility index (Phi) is 7.17. The van der Waals surface area contributed by atoms with Crippen LogP contribution in [-0.4, -0.2) is 45.3 Å². The van der Waals surface area contributed by atoms with Crippen molar-refractivity contribution in [2.24, 2.45) is 5.10 Å². The van der Waals surface area contributed by atoms with Gasteiger partial charge in [0, 0.05) is 19.8 Å². The zero-order valence-corrected chi connectivity index (χ0v) is 14.8. The van der Waals surface area contributed by atoms with E-state index in [9.17, 15) is 9.59 Å². The smallest absolute Gasteiger partial charge is 0.259 e. The largest absolute Gasteiger partial charge is 0.484 e. The van der Waals surface area contributed by atoms with E-state index in [0.29, 0.717) is 5.75 Å². The minimum Gasteiger partial charge on any atom is -0.484 e. The zero-order valence-electron chi connectivity index (χ0n) is 14.8. The number of amides is 2. The molecule has 0 bridgehead atoms. The van der Waals surface area contributed by atoms with Gasteiger partial charge in [-0.25, -0.2) is 5.43 Å². The number of para-hydroxylation sites is 1. The first kappa shape index (κ1) is 19.0. The fourth-order valence-electron chi connectivity index (χ4n) is 1.97. The van der Waals surface area contributed by atoms with Gasteiger partial charge in [-0.3, -0.25) is 9.59 Å². The predicted molar refractivity (Wildman–Crippen MR) is 101 cm³/mol. The predicted octanol–water partition coefficient (Wildman–Crippen LogP) is 1.40. The van der Waals surface area contributed by atoms with E-state index in [1.807, 2.05) is 61.5 Å². The Hall–Kier alpha value is -3.35. The number of benzene rings is 2. The maximum atomic E-state index is 11.7. The van der Waals surface area contributed by atoms with Crippen molar-refractivity contribution >= 4 is 23.7 Å². The molecule has 0 radical (unpaired) electrons. The molecule has 0 atom stereocenters. The van der Waals surface area contributed by atoms with Crippen molar-refractivity contribution in [1.29, 1.82) is 0 Å². The molecule has 7 nitrogen and oxygen atoms in total. The summed E-state index contributed by atoms with van der Waals surface area (Å²) in [5.74, 6) is -0.205. The molecule has 2 N–H and O–H groups in total. The van der Waals surface area contributed by atoms with Crippen molar-refractivity contribution in [2.45, 2.75) is 0 Å². The van der Waals surface area contributed by atoms with Crippen molar-refractivity contribution in [3.05, 3.63) is 60.2 Å². The summed E-state index contributed by atoms with van der Waals surface area (Å²) in [7, 11) is 3.92. The van der Waals surface area contributed by atoms with Gasteiger partial charge in [-0.05, 0) is 29.8 Å². The van der Waals surface area contributed by atoms with Gasteiger partial charge < -0.3 is 15.0 Å². The molecule has 0 aromatic heterocycles. The lowest BCUT2D eigenvalue weighted by Gasteiger charge is -2.11. The molecule has 7 heteroatoms. The lowest BCUT2D eigenvalue weighted by atomic mass is 10.2.